The van der Waals surface area contributed by atoms with Crippen molar-refractivity contribution >= 4 is 0 Å². The van der Waals surface area contributed by atoms with Gasteiger partial charge in [-0.25, -0.2) is 0 Å². The van der Waals surface area contributed by atoms with Crippen LogP contribution in [-0.4, -0.2) is 0 Å². The van der Waals surface area contributed by atoms with Crippen molar-refractivity contribution in [2.24, 2.45) is 0 Å². The van der Waals surface area contributed by atoms with Gasteiger partial charge in [-0.15, -0.1) is 0 Å². The molecule has 0 unspecified atom stereocenters. The minimum atomic E-state index is 0.707. The largest absolute Gasteiger partial charge is 0.457 e. The van der Waals surface area contributed by atoms with Gasteiger partial charge in [0.2, 0.25) is 0 Å². The molecule has 7 aromatic carbocycles. The smallest absolute Gasteiger partial charge is 0.135 e. The molecule has 7 rings (SSSR count). The summed E-state index contributed by atoms with van der Waals surface area (Å²) >= 11 is 0. The zero-order valence-corrected chi connectivity index (χ0v) is 24.1. The summed E-state index contributed by atoms with van der Waals surface area (Å²) < 4.78 is 12.8. The van der Waals surface area contributed by atoms with E-state index >= 15 is 0 Å². The molecule has 0 amide bonds. The number of hydrogen-bond donors (Lipinski definition) is 0. The van der Waals surface area contributed by atoms with Crippen molar-refractivity contribution in [2.45, 2.75) is 0 Å². The molecule has 0 fully saturated rings. The zero-order valence-electron chi connectivity index (χ0n) is 24.1. The topological polar surface area (TPSA) is 18.5 Å². The lowest BCUT2D eigenvalue weighted by Gasteiger charge is -2.15. The van der Waals surface area contributed by atoms with Crippen molar-refractivity contribution < 1.29 is 9.47 Å². The molecule has 0 atom stereocenters. The Morgan fingerprint density at radius 2 is 0.682 bits per heavy atom. The predicted octanol–water partition coefficient (Wildman–Crippen LogP) is 11.9. The van der Waals surface area contributed by atoms with E-state index in [1.54, 1.807) is 0 Å². The molecule has 0 saturated heterocycles. The molecule has 0 aromatic heterocycles. The van der Waals surface area contributed by atoms with Gasteiger partial charge in [0.05, 0.1) is 0 Å². The molecule has 0 aliphatic heterocycles. The fraction of sp³-hybridized carbons (Fsp3) is 0. The number of hydrogen-bond acceptors (Lipinski definition) is 2. The van der Waals surface area contributed by atoms with Crippen molar-refractivity contribution in [1.29, 1.82) is 0 Å². The molecule has 44 heavy (non-hydrogen) atoms. The van der Waals surface area contributed by atoms with Crippen molar-refractivity contribution in [1.82, 2.24) is 0 Å². The van der Waals surface area contributed by atoms with Crippen molar-refractivity contribution in [3.8, 4) is 67.5 Å². The first-order valence-corrected chi connectivity index (χ1v) is 14.8. The number of rotatable bonds is 8. The van der Waals surface area contributed by atoms with Crippen molar-refractivity contribution in [3.05, 3.63) is 182 Å². The summed E-state index contributed by atoms with van der Waals surface area (Å²) in [5.41, 5.74) is 9.06. The lowest BCUT2D eigenvalue weighted by molar-refractivity contribution is 0.461. The summed E-state index contributed by atoms with van der Waals surface area (Å²) in [6, 6.07) is 62.1. The first-order valence-electron chi connectivity index (χ1n) is 14.8. The van der Waals surface area contributed by atoms with E-state index in [2.05, 4.69) is 121 Å². The molecule has 0 spiro atoms. The lowest BCUT2D eigenvalue weighted by atomic mass is 9.98. The normalized spacial score (nSPS) is 10.7. The molecule has 0 bridgehead atoms. The van der Waals surface area contributed by atoms with Crippen molar-refractivity contribution in [2.75, 3.05) is 0 Å². The average molecular weight is 567 g/mol. The second-order valence-corrected chi connectivity index (χ2v) is 10.6. The van der Waals surface area contributed by atoms with Gasteiger partial charge in [0, 0.05) is 11.6 Å². The summed E-state index contributed by atoms with van der Waals surface area (Å²) in [4.78, 5) is 0. The fourth-order valence-electron chi connectivity index (χ4n) is 5.38. The molecule has 0 heterocycles. The second kappa shape index (κ2) is 12.6. The van der Waals surface area contributed by atoms with Crippen LogP contribution in [0.3, 0.4) is 0 Å². The Kier molecular flexibility index (Phi) is 7.71. The van der Waals surface area contributed by atoms with E-state index in [0.717, 1.165) is 39.3 Å². The molecule has 0 radical (unpaired) electrons. The number of benzene rings is 7. The van der Waals surface area contributed by atoms with Crippen LogP contribution in [0.15, 0.2) is 182 Å². The molecule has 7 aromatic rings. The standard InChI is InChI=1S/C42H30O2/c1-4-13-31(14-5-1)34-19-10-20-35(27-34)36-21-11-22-38(28-36)43-39-23-12-24-40(30-39)44-42-26-25-37(32-15-6-2-7-16-32)29-41(42)33-17-8-3-9-18-33/h1-30H. The van der Waals surface area contributed by atoms with Gasteiger partial charge < -0.3 is 9.47 Å². The van der Waals surface area contributed by atoms with Crippen LogP contribution in [0.2, 0.25) is 0 Å². The van der Waals surface area contributed by atoms with Crippen LogP contribution in [0.1, 0.15) is 0 Å². The Hall–Kier alpha value is -5.86. The Morgan fingerprint density at radius 3 is 1.32 bits per heavy atom. The molecular formula is C42H30O2. The van der Waals surface area contributed by atoms with Crippen LogP contribution in [0, 0.1) is 0 Å². The summed E-state index contributed by atoms with van der Waals surface area (Å²) in [5.74, 6) is 2.97. The highest BCUT2D eigenvalue weighted by molar-refractivity contribution is 5.78. The Labute approximate surface area is 258 Å². The monoisotopic (exact) mass is 566 g/mol. The van der Waals surface area contributed by atoms with Crippen molar-refractivity contribution in [3.63, 3.8) is 0 Å². The molecule has 2 nitrogen and oxygen atoms in total. The van der Waals surface area contributed by atoms with E-state index in [0.29, 0.717) is 11.5 Å². The highest BCUT2D eigenvalue weighted by atomic mass is 16.5. The first-order chi connectivity index (χ1) is 21.8. The zero-order chi connectivity index (χ0) is 29.6. The third kappa shape index (κ3) is 6.16. The summed E-state index contributed by atoms with van der Waals surface area (Å²) in [6.45, 7) is 0. The second-order valence-electron chi connectivity index (χ2n) is 10.6. The minimum Gasteiger partial charge on any atom is -0.457 e. The highest BCUT2D eigenvalue weighted by Crippen LogP contribution is 2.38. The number of ether oxygens (including phenoxy) is 2. The minimum absolute atomic E-state index is 0.707. The SMILES string of the molecule is c1ccc(-c2cccc(-c3cccc(Oc4cccc(Oc5ccc(-c6ccccc6)cc5-c5ccccc5)c4)c3)c2)cc1. The van der Waals surface area contributed by atoms with Gasteiger partial charge >= 0.3 is 0 Å². The lowest BCUT2D eigenvalue weighted by Crippen LogP contribution is -1.91. The Bertz CT molecular complexity index is 2000. The van der Waals surface area contributed by atoms with E-state index in [-0.39, 0.29) is 0 Å². The van der Waals surface area contributed by atoms with Gasteiger partial charge in [-0.1, -0.05) is 133 Å². The van der Waals surface area contributed by atoms with Crippen LogP contribution < -0.4 is 9.47 Å². The third-order valence-electron chi connectivity index (χ3n) is 7.58. The summed E-state index contributed by atoms with van der Waals surface area (Å²) in [5, 5.41) is 0. The van der Waals surface area contributed by atoms with E-state index in [1.807, 2.05) is 60.7 Å². The average Bonchev–Trinajstić information content (AvgIpc) is 3.10. The van der Waals surface area contributed by atoms with Gasteiger partial charge in [-0.3, -0.25) is 0 Å². The molecule has 2 heteroatoms. The first kappa shape index (κ1) is 27.0. The maximum Gasteiger partial charge on any atom is 0.135 e. The van der Waals surface area contributed by atoms with Crippen LogP contribution in [0.5, 0.6) is 23.0 Å². The van der Waals surface area contributed by atoms with Gasteiger partial charge in [0.1, 0.15) is 23.0 Å². The van der Waals surface area contributed by atoms with Crippen LogP contribution >= 0.6 is 0 Å². The van der Waals surface area contributed by atoms with Crippen LogP contribution in [0.25, 0.3) is 44.5 Å². The van der Waals surface area contributed by atoms with E-state index < -0.39 is 0 Å². The predicted molar refractivity (Wildman–Crippen MR) is 181 cm³/mol. The molecular weight excluding hydrogens is 536 g/mol. The Morgan fingerprint density at radius 1 is 0.250 bits per heavy atom. The summed E-state index contributed by atoms with van der Waals surface area (Å²) in [6.07, 6.45) is 0. The van der Waals surface area contributed by atoms with E-state index in [1.165, 1.54) is 16.7 Å². The van der Waals surface area contributed by atoms with E-state index in [9.17, 15) is 0 Å². The van der Waals surface area contributed by atoms with Crippen LogP contribution in [0.4, 0.5) is 0 Å². The molecule has 0 saturated carbocycles. The van der Waals surface area contributed by atoms with Gasteiger partial charge in [0.15, 0.2) is 0 Å². The highest BCUT2D eigenvalue weighted by Gasteiger charge is 2.11. The quantitative estimate of drug-likeness (QED) is 0.182. The third-order valence-corrected chi connectivity index (χ3v) is 7.58. The van der Waals surface area contributed by atoms with Gasteiger partial charge in [-0.05, 0) is 81.4 Å². The van der Waals surface area contributed by atoms with Gasteiger partial charge in [-0.2, -0.15) is 0 Å². The molecule has 210 valence electrons. The van der Waals surface area contributed by atoms with E-state index in [4.69, 9.17) is 9.47 Å². The van der Waals surface area contributed by atoms with Gasteiger partial charge in [0.25, 0.3) is 0 Å². The molecule has 0 aliphatic rings. The maximum atomic E-state index is 6.50. The molecule has 0 N–H and O–H groups in total. The fourth-order valence-corrected chi connectivity index (χ4v) is 5.38. The maximum absolute atomic E-state index is 6.50. The molecule has 0 aliphatic carbocycles. The van der Waals surface area contributed by atoms with Crippen LogP contribution in [-0.2, 0) is 0 Å². The summed E-state index contributed by atoms with van der Waals surface area (Å²) in [7, 11) is 0. The Balaban J connectivity index is 1.14.